The van der Waals surface area contributed by atoms with E-state index in [2.05, 4.69) is 15.3 Å². The van der Waals surface area contributed by atoms with Gasteiger partial charge in [-0.25, -0.2) is 4.98 Å². The molecule has 0 saturated carbocycles. The molecular weight excluding hydrogens is 414 g/mol. The molecule has 0 fully saturated rings. The highest BCUT2D eigenvalue weighted by Crippen LogP contribution is 2.34. The van der Waals surface area contributed by atoms with E-state index in [0.717, 1.165) is 31.9 Å². The highest BCUT2D eigenvalue weighted by molar-refractivity contribution is 8.00. The lowest BCUT2D eigenvalue weighted by atomic mass is 10.1. The number of carbonyl (C=O) groups is 1. The van der Waals surface area contributed by atoms with Crippen molar-refractivity contribution >= 4 is 56.6 Å². The summed E-state index contributed by atoms with van der Waals surface area (Å²) in [4.78, 5) is 22.1. The molecule has 3 heterocycles. The highest BCUT2D eigenvalue weighted by Gasteiger charge is 2.22. The smallest absolute Gasteiger partial charge is 0.291 e. The average Bonchev–Trinajstić information content (AvgIpc) is 3.35. The number of fused-ring (bicyclic) bond motifs is 2. The predicted octanol–water partition coefficient (Wildman–Crippen LogP) is 6.29. The quantitative estimate of drug-likeness (QED) is 0.331. The van der Waals surface area contributed by atoms with Crippen LogP contribution < -0.4 is 5.32 Å². The Morgan fingerprint density at radius 3 is 2.87 bits per heavy atom. The second kappa shape index (κ2) is 7.93. The van der Waals surface area contributed by atoms with Crippen LogP contribution in [-0.4, -0.2) is 15.9 Å². The van der Waals surface area contributed by atoms with Gasteiger partial charge in [0.1, 0.15) is 9.92 Å². The van der Waals surface area contributed by atoms with Crippen molar-refractivity contribution in [1.29, 1.82) is 0 Å². The molecule has 5 nitrogen and oxygen atoms in total. The molecule has 7 heteroatoms. The number of aromatic nitrogens is 2. The molecule has 30 heavy (non-hydrogen) atoms. The van der Waals surface area contributed by atoms with Gasteiger partial charge in [0.25, 0.3) is 5.91 Å². The fourth-order valence-electron chi connectivity index (χ4n) is 3.34. The maximum Gasteiger partial charge on any atom is 0.291 e. The zero-order valence-corrected chi connectivity index (χ0v) is 17.7. The van der Waals surface area contributed by atoms with Crippen molar-refractivity contribution in [2.45, 2.75) is 17.0 Å². The summed E-state index contributed by atoms with van der Waals surface area (Å²) in [6.45, 7) is 1.98. The summed E-state index contributed by atoms with van der Waals surface area (Å²) in [5.41, 5.74) is 3.98. The van der Waals surface area contributed by atoms with Crippen LogP contribution in [0, 0.1) is 6.92 Å². The van der Waals surface area contributed by atoms with Crippen LogP contribution in [0.1, 0.15) is 21.8 Å². The molecule has 5 aromatic rings. The third-order valence-corrected chi connectivity index (χ3v) is 6.89. The van der Waals surface area contributed by atoms with E-state index in [4.69, 9.17) is 4.42 Å². The molecular formula is C23H17N3O2S2. The molecule has 5 rings (SSSR count). The van der Waals surface area contributed by atoms with Gasteiger partial charge < -0.3 is 9.73 Å². The predicted molar refractivity (Wildman–Crippen MR) is 122 cm³/mol. The number of furan rings is 1. The van der Waals surface area contributed by atoms with E-state index in [9.17, 15) is 4.79 Å². The second-order valence-electron chi connectivity index (χ2n) is 6.78. The lowest BCUT2D eigenvalue weighted by molar-refractivity contribution is 0.0998. The molecule has 0 bridgehead atoms. The van der Waals surface area contributed by atoms with Crippen LogP contribution >= 0.6 is 23.1 Å². The summed E-state index contributed by atoms with van der Waals surface area (Å²) in [6.07, 6.45) is 1.72. The summed E-state index contributed by atoms with van der Waals surface area (Å²) in [5.74, 6) is 0.640. The summed E-state index contributed by atoms with van der Waals surface area (Å²) < 4.78 is 6.95. The first-order valence-electron chi connectivity index (χ1n) is 9.39. The van der Waals surface area contributed by atoms with Gasteiger partial charge >= 0.3 is 0 Å². The van der Waals surface area contributed by atoms with Crippen LogP contribution in [0.5, 0.6) is 0 Å². The SMILES string of the molecule is Cc1csc(SCc2c(C(=O)Nc3cccc4cccnc34)oc3ccccc23)n1. The van der Waals surface area contributed by atoms with Crippen molar-refractivity contribution < 1.29 is 9.21 Å². The fourth-order valence-corrected chi connectivity index (χ4v) is 5.22. The van der Waals surface area contributed by atoms with Gasteiger partial charge in [-0.05, 0) is 25.1 Å². The molecule has 0 aliphatic heterocycles. The minimum atomic E-state index is -0.282. The Morgan fingerprint density at radius 2 is 2.00 bits per heavy atom. The van der Waals surface area contributed by atoms with Gasteiger partial charge in [0, 0.05) is 39.4 Å². The number of thioether (sulfide) groups is 1. The molecule has 2 aromatic carbocycles. The molecule has 0 aliphatic rings. The maximum atomic E-state index is 13.2. The number of amides is 1. The summed E-state index contributed by atoms with van der Waals surface area (Å²) in [7, 11) is 0. The Morgan fingerprint density at radius 1 is 1.13 bits per heavy atom. The zero-order chi connectivity index (χ0) is 20.5. The van der Waals surface area contributed by atoms with Gasteiger partial charge in [-0.1, -0.05) is 48.2 Å². The van der Waals surface area contributed by atoms with E-state index < -0.39 is 0 Å². The van der Waals surface area contributed by atoms with E-state index in [-0.39, 0.29) is 5.91 Å². The number of thiazole rings is 1. The van der Waals surface area contributed by atoms with E-state index in [0.29, 0.717) is 22.8 Å². The number of anilines is 1. The van der Waals surface area contributed by atoms with Gasteiger partial charge in [0.15, 0.2) is 5.76 Å². The lowest BCUT2D eigenvalue weighted by Crippen LogP contribution is -2.13. The summed E-state index contributed by atoms with van der Waals surface area (Å²) in [6, 6.07) is 17.3. The van der Waals surface area contributed by atoms with Gasteiger partial charge in [0.2, 0.25) is 0 Å². The number of para-hydroxylation sites is 2. The lowest BCUT2D eigenvalue weighted by Gasteiger charge is -2.08. The molecule has 0 saturated heterocycles. The number of hydrogen-bond acceptors (Lipinski definition) is 6. The number of pyridine rings is 1. The molecule has 0 atom stereocenters. The van der Waals surface area contributed by atoms with Gasteiger partial charge in [-0.15, -0.1) is 11.3 Å². The van der Waals surface area contributed by atoms with Crippen molar-refractivity contribution in [3.63, 3.8) is 0 Å². The van der Waals surface area contributed by atoms with Crippen LogP contribution in [0.3, 0.4) is 0 Å². The molecule has 0 unspecified atom stereocenters. The Kier molecular flexibility index (Phi) is 4.98. The number of aryl methyl sites for hydroxylation is 1. The van der Waals surface area contributed by atoms with Gasteiger partial charge in [-0.3, -0.25) is 9.78 Å². The minimum absolute atomic E-state index is 0.282. The first kappa shape index (κ1) is 18.8. The van der Waals surface area contributed by atoms with Gasteiger partial charge in [-0.2, -0.15) is 0 Å². The highest BCUT2D eigenvalue weighted by atomic mass is 32.2. The van der Waals surface area contributed by atoms with Crippen LogP contribution in [0.25, 0.3) is 21.9 Å². The topological polar surface area (TPSA) is 68.0 Å². The number of hydrogen-bond donors (Lipinski definition) is 1. The minimum Gasteiger partial charge on any atom is -0.451 e. The molecule has 0 aliphatic carbocycles. The number of benzene rings is 2. The van der Waals surface area contributed by atoms with Crippen molar-refractivity contribution in [3.8, 4) is 0 Å². The van der Waals surface area contributed by atoms with Crippen LogP contribution in [-0.2, 0) is 5.75 Å². The van der Waals surface area contributed by atoms with E-state index in [1.807, 2.05) is 66.9 Å². The first-order chi connectivity index (χ1) is 14.7. The van der Waals surface area contributed by atoms with Crippen molar-refractivity contribution in [3.05, 3.63) is 83.2 Å². The number of rotatable bonds is 5. The van der Waals surface area contributed by atoms with E-state index >= 15 is 0 Å². The van der Waals surface area contributed by atoms with E-state index in [1.54, 1.807) is 29.3 Å². The van der Waals surface area contributed by atoms with Gasteiger partial charge in [0.05, 0.1) is 11.2 Å². The molecule has 3 aromatic heterocycles. The first-order valence-corrected chi connectivity index (χ1v) is 11.3. The normalized spacial score (nSPS) is 11.2. The Labute approximate surface area is 181 Å². The summed E-state index contributed by atoms with van der Waals surface area (Å²) in [5, 5.41) is 6.92. The van der Waals surface area contributed by atoms with Crippen LogP contribution in [0.15, 0.2) is 74.9 Å². The number of nitrogens with one attached hydrogen (secondary N) is 1. The average molecular weight is 432 g/mol. The van der Waals surface area contributed by atoms with Crippen LogP contribution in [0.4, 0.5) is 5.69 Å². The monoisotopic (exact) mass is 431 g/mol. The second-order valence-corrected chi connectivity index (χ2v) is 8.86. The standard InChI is InChI=1S/C23H17N3O2S2/c1-14-12-29-23(25-14)30-13-17-16-8-2-3-10-19(16)28-21(17)22(27)26-18-9-4-6-15-7-5-11-24-20(15)18/h2-12H,13H2,1H3,(H,26,27). The largest absolute Gasteiger partial charge is 0.451 e. The Hall–Kier alpha value is -3.16. The Balaban J connectivity index is 1.50. The fraction of sp³-hybridized carbons (Fsp3) is 0.0870. The van der Waals surface area contributed by atoms with Crippen molar-refractivity contribution in [2.24, 2.45) is 0 Å². The van der Waals surface area contributed by atoms with Crippen molar-refractivity contribution in [2.75, 3.05) is 5.32 Å². The molecule has 0 spiro atoms. The third-order valence-electron chi connectivity index (χ3n) is 4.72. The molecule has 0 radical (unpaired) electrons. The third kappa shape index (κ3) is 3.58. The van der Waals surface area contributed by atoms with Crippen LogP contribution in [0.2, 0.25) is 0 Å². The Bertz CT molecular complexity index is 1370. The zero-order valence-electron chi connectivity index (χ0n) is 16.1. The van der Waals surface area contributed by atoms with E-state index in [1.165, 1.54) is 0 Å². The molecule has 1 N–H and O–H groups in total. The number of carbonyl (C=O) groups excluding carboxylic acids is 1. The molecule has 148 valence electrons. The van der Waals surface area contributed by atoms with Crippen molar-refractivity contribution in [1.82, 2.24) is 9.97 Å². The number of nitrogens with zero attached hydrogens (tertiary/aromatic N) is 2. The molecule has 1 amide bonds. The summed E-state index contributed by atoms with van der Waals surface area (Å²) >= 11 is 3.22. The maximum absolute atomic E-state index is 13.2.